The molecule has 4 nitrogen and oxygen atoms in total. The lowest BCUT2D eigenvalue weighted by Crippen LogP contribution is -2.41. The quantitative estimate of drug-likeness (QED) is 0.853. The van der Waals surface area contributed by atoms with Gasteiger partial charge in [0.15, 0.2) is 0 Å². The Bertz CT molecular complexity index is 609. The SMILES string of the molecule is O=C(CCc1ccsc1)N1CCCCC[C@H]1C[C@@H](O)c1ccco1. The number of hydrogen-bond acceptors (Lipinski definition) is 4. The molecule has 2 aromatic heterocycles. The number of aryl methyl sites for hydroxylation is 1. The molecular weight excluding hydrogens is 322 g/mol. The van der Waals surface area contributed by atoms with E-state index >= 15 is 0 Å². The van der Waals surface area contributed by atoms with Crippen LogP contribution in [-0.4, -0.2) is 28.5 Å². The fraction of sp³-hybridized carbons (Fsp3) is 0.526. The molecule has 130 valence electrons. The van der Waals surface area contributed by atoms with Gasteiger partial charge in [0.2, 0.25) is 5.91 Å². The molecule has 24 heavy (non-hydrogen) atoms. The maximum atomic E-state index is 12.7. The van der Waals surface area contributed by atoms with Crippen LogP contribution in [0.25, 0.3) is 0 Å². The van der Waals surface area contributed by atoms with Crippen LogP contribution in [0.3, 0.4) is 0 Å². The minimum absolute atomic E-state index is 0.0996. The highest BCUT2D eigenvalue weighted by molar-refractivity contribution is 7.07. The number of aliphatic hydroxyl groups excluding tert-OH is 1. The van der Waals surface area contributed by atoms with Gasteiger partial charge in [-0.25, -0.2) is 0 Å². The molecule has 0 unspecified atom stereocenters. The minimum atomic E-state index is -0.643. The Labute approximate surface area is 147 Å². The van der Waals surface area contributed by atoms with Crippen LogP contribution in [0.5, 0.6) is 0 Å². The normalized spacial score (nSPS) is 19.9. The lowest BCUT2D eigenvalue weighted by Gasteiger charge is -2.31. The molecule has 0 saturated carbocycles. The molecule has 5 heteroatoms. The van der Waals surface area contributed by atoms with Crippen LogP contribution >= 0.6 is 11.3 Å². The highest BCUT2D eigenvalue weighted by atomic mass is 32.1. The first-order chi connectivity index (χ1) is 11.7. The van der Waals surface area contributed by atoms with E-state index in [1.807, 2.05) is 10.3 Å². The molecule has 2 aromatic rings. The zero-order chi connectivity index (χ0) is 16.8. The van der Waals surface area contributed by atoms with Gasteiger partial charge in [0.05, 0.1) is 6.26 Å². The van der Waals surface area contributed by atoms with Gasteiger partial charge in [-0.2, -0.15) is 11.3 Å². The molecule has 3 rings (SSSR count). The second-order valence-corrected chi connectivity index (χ2v) is 7.27. The van der Waals surface area contributed by atoms with Crippen molar-refractivity contribution in [2.75, 3.05) is 6.54 Å². The van der Waals surface area contributed by atoms with E-state index in [2.05, 4.69) is 11.4 Å². The number of nitrogens with zero attached hydrogens (tertiary/aromatic N) is 1. The molecule has 3 heterocycles. The van der Waals surface area contributed by atoms with Gasteiger partial charge in [-0.05, 0) is 53.8 Å². The van der Waals surface area contributed by atoms with Crippen molar-refractivity contribution in [3.63, 3.8) is 0 Å². The molecular formula is C19H25NO3S. The summed E-state index contributed by atoms with van der Waals surface area (Å²) in [5.41, 5.74) is 1.23. The van der Waals surface area contributed by atoms with Gasteiger partial charge >= 0.3 is 0 Å². The Kier molecular flexibility index (Phi) is 6.10. The fourth-order valence-electron chi connectivity index (χ4n) is 3.44. The van der Waals surface area contributed by atoms with Crippen LogP contribution < -0.4 is 0 Å². The van der Waals surface area contributed by atoms with Crippen molar-refractivity contribution in [2.24, 2.45) is 0 Å². The summed E-state index contributed by atoms with van der Waals surface area (Å²) < 4.78 is 5.31. The van der Waals surface area contributed by atoms with E-state index in [1.165, 1.54) is 5.56 Å². The molecule has 0 radical (unpaired) electrons. The molecule has 1 aliphatic rings. The fourth-order valence-corrected chi connectivity index (χ4v) is 4.14. The van der Waals surface area contributed by atoms with Gasteiger partial charge in [-0.3, -0.25) is 4.79 Å². The smallest absolute Gasteiger partial charge is 0.223 e. The number of aliphatic hydroxyl groups is 1. The molecule has 0 aromatic carbocycles. The van der Waals surface area contributed by atoms with E-state index < -0.39 is 6.10 Å². The molecule has 0 spiro atoms. The van der Waals surface area contributed by atoms with Crippen molar-refractivity contribution in [1.29, 1.82) is 0 Å². The van der Waals surface area contributed by atoms with Gasteiger partial charge in [-0.15, -0.1) is 0 Å². The van der Waals surface area contributed by atoms with Crippen LogP contribution in [0.1, 0.15) is 56.0 Å². The highest BCUT2D eigenvalue weighted by Crippen LogP contribution is 2.27. The standard InChI is InChI=1S/C19H25NO3S/c21-17(18-6-4-11-23-18)13-16-5-2-1-3-10-20(16)19(22)8-7-15-9-12-24-14-15/h4,6,9,11-12,14,16-17,21H,1-3,5,7-8,10,13H2/t16-,17+/m0/s1. The Morgan fingerprint density at radius 3 is 3.04 bits per heavy atom. The zero-order valence-electron chi connectivity index (χ0n) is 13.9. The molecule has 1 amide bonds. The average molecular weight is 347 g/mol. The largest absolute Gasteiger partial charge is 0.467 e. The van der Waals surface area contributed by atoms with Crippen molar-refractivity contribution >= 4 is 17.2 Å². The zero-order valence-corrected chi connectivity index (χ0v) is 14.7. The number of furan rings is 1. The van der Waals surface area contributed by atoms with E-state index in [0.29, 0.717) is 18.6 Å². The van der Waals surface area contributed by atoms with Gasteiger partial charge in [0.25, 0.3) is 0 Å². The summed E-state index contributed by atoms with van der Waals surface area (Å²) in [7, 11) is 0. The van der Waals surface area contributed by atoms with E-state index in [-0.39, 0.29) is 11.9 Å². The van der Waals surface area contributed by atoms with E-state index in [4.69, 9.17) is 4.42 Å². The monoisotopic (exact) mass is 347 g/mol. The first-order valence-corrected chi connectivity index (χ1v) is 9.70. The number of thiophene rings is 1. The second kappa shape index (κ2) is 8.49. The van der Waals surface area contributed by atoms with Gasteiger partial charge in [-0.1, -0.05) is 12.8 Å². The van der Waals surface area contributed by atoms with Crippen LogP contribution in [0.15, 0.2) is 39.6 Å². The van der Waals surface area contributed by atoms with Crippen molar-refractivity contribution < 1.29 is 14.3 Å². The second-order valence-electron chi connectivity index (χ2n) is 6.49. The lowest BCUT2D eigenvalue weighted by atomic mass is 10.0. The molecule has 1 saturated heterocycles. The van der Waals surface area contributed by atoms with E-state index in [1.54, 1.807) is 29.7 Å². The number of rotatable bonds is 6. The van der Waals surface area contributed by atoms with Crippen LogP contribution in [0, 0.1) is 0 Å². The topological polar surface area (TPSA) is 53.7 Å². The first-order valence-electron chi connectivity index (χ1n) is 8.76. The van der Waals surface area contributed by atoms with E-state index in [9.17, 15) is 9.90 Å². The minimum Gasteiger partial charge on any atom is -0.467 e. The molecule has 1 N–H and O–H groups in total. The van der Waals surface area contributed by atoms with Gasteiger partial charge < -0.3 is 14.4 Å². The van der Waals surface area contributed by atoms with Crippen LogP contribution in [0.2, 0.25) is 0 Å². The number of amides is 1. The first kappa shape index (κ1) is 17.2. The van der Waals surface area contributed by atoms with Gasteiger partial charge in [0, 0.05) is 25.4 Å². The summed E-state index contributed by atoms with van der Waals surface area (Å²) in [4.78, 5) is 14.8. The maximum Gasteiger partial charge on any atom is 0.223 e. The highest BCUT2D eigenvalue weighted by Gasteiger charge is 2.28. The Morgan fingerprint density at radius 1 is 1.38 bits per heavy atom. The number of carbonyl (C=O) groups excluding carboxylic acids is 1. The predicted molar refractivity (Wildman–Crippen MR) is 94.9 cm³/mol. The van der Waals surface area contributed by atoms with E-state index in [0.717, 1.165) is 38.6 Å². The molecule has 1 fully saturated rings. The number of hydrogen-bond donors (Lipinski definition) is 1. The number of likely N-dealkylation sites (tertiary alicyclic amines) is 1. The molecule has 0 bridgehead atoms. The summed E-state index contributed by atoms with van der Waals surface area (Å²) in [5.74, 6) is 0.796. The Morgan fingerprint density at radius 2 is 2.29 bits per heavy atom. The average Bonchev–Trinajstić information content (AvgIpc) is 3.24. The summed E-state index contributed by atoms with van der Waals surface area (Å²) >= 11 is 1.67. The third-order valence-corrected chi connectivity index (χ3v) is 5.50. The van der Waals surface area contributed by atoms with Crippen molar-refractivity contribution in [2.45, 2.75) is 57.1 Å². The third-order valence-electron chi connectivity index (χ3n) is 4.77. The van der Waals surface area contributed by atoms with Crippen LogP contribution in [-0.2, 0) is 11.2 Å². The molecule has 1 aliphatic heterocycles. The third kappa shape index (κ3) is 4.48. The Balaban J connectivity index is 1.61. The lowest BCUT2D eigenvalue weighted by molar-refractivity contribution is -0.134. The summed E-state index contributed by atoms with van der Waals surface area (Å²) in [6, 6.07) is 5.76. The van der Waals surface area contributed by atoms with Gasteiger partial charge in [0.1, 0.15) is 11.9 Å². The summed E-state index contributed by atoms with van der Waals surface area (Å²) in [6.07, 6.45) is 7.12. The number of carbonyl (C=O) groups is 1. The molecule has 0 aliphatic carbocycles. The van der Waals surface area contributed by atoms with Crippen LogP contribution in [0.4, 0.5) is 0 Å². The predicted octanol–water partition coefficient (Wildman–Crippen LogP) is 4.17. The molecule has 2 atom stereocenters. The van der Waals surface area contributed by atoms with Crippen molar-refractivity contribution in [1.82, 2.24) is 4.90 Å². The summed E-state index contributed by atoms with van der Waals surface area (Å²) in [5, 5.41) is 14.6. The van der Waals surface area contributed by atoms with Crippen molar-refractivity contribution in [3.05, 3.63) is 46.5 Å². The van der Waals surface area contributed by atoms with Crippen molar-refractivity contribution in [3.8, 4) is 0 Å². The Hall–Kier alpha value is -1.59. The maximum absolute atomic E-state index is 12.7. The summed E-state index contributed by atoms with van der Waals surface area (Å²) in [6.45, 7) is 0.804.